The molecule has 0 unspecified atom stereocenters. The number of hydrogen-bond donors (Lipinski definition) is 0. The molecule has 0 N–H and O–H groups in total. The van der Waals surface area contributed by atoms with E-state index in [2.05, 4.69) is 0 Å². The van der Waals surface area contributed by atoms with Crippen molar-refractivity contribution in [2.24, 2.45) is 0 Å². The van der Waals surface area contributed by atoms with Crippen LogP contribution in [0.5, 0.6) is 0 Å². The van der Waals surface area contributed by atoms with E-state index in [1.165, 1.54) is 24.2 Å². The molecule has 1 aliphatic carbocycles. The van der Waals surface area contributed by atoms with Crippen molar-refractivity contribution >= 4 is 29.0 Å². The zero-order chi connectivity index (χ0) is 16.4. The van der Waals surface area contributed by atoms with Crippen LogP contribution in [0.3, 0.4) is 0 Å². The standard InChI is InChI=1S/C19H22ClNO2/c1-13-9-11-14(12-10-13)16-17(20)19(23)21(18(16)22)15-7-5-3-2-4-6-8-15/h9-12,15H,2-8H2,1H3. The molecular formula is C19H22ClNO2. The fourth-order valence-corrected chi connectivity index (χ4v) is 3.80. The van der Waals surface area contributed by atoms with Crippen LogP contribution in [0.1, 0.15) is 56.1 Å². The van der Waals surface area contributed by atoms with Crippen LogP contribution in [0.4, 0.5) is 0 Å². The molecule has 23 heavy (non-hydrogen) atoms. The second-order valence-corrected chi connectivity index (χ2v) is 6.91. The van der Waals surface area contributed by atoms with Crippen LogP contribution in [-0.4, -0.2) is 22.8 Å². The third-order valence-corrected chi connectivity index (χ3v) is 5.19. The van der Waals surface area contributed by atoms with Gasteiger partial charge in [-0.15, -0.1) is 0 Å². The van der Waals surface area contributed by atoms with Crippen molar-refractivity contribution in [2.45, 2.75) is 57.9 Å². The molecule has 0 saturated heterocycles. The summed E-state index contributed by atoms with van der Waals surface area (Å²) in [5, 5.41) is 0.0703. The number of amides is 2. The van der Waals surface area contributed by atoms with Gasteiger partial charge in [0.1, 0.15) is 5.03 Å². The van der Waals surface area contributed by atoms with Crippen LogP contribution in [0, 0.1) is 6.92 Å². The van der Waals surface area contributed by atoms with E-state index in [4.69, 9.17) is 11.6 Å². The molecule has 0 spiro atoms. The lowest BCUT2D eigenvalue weighted by Gasteiger charge is -2.28. The Kier molecular flexibility index (Phi) is 4.86. The summed E-state index contributed by atoms with van der Waals surface area (Å²) in [6.45, 7) is 1.99. The maximum Gasteiger partial charge on any atom is 0.273 e. The molecular weight excluding hydrogens is 310 g/mol. The van der Waals surface area contributed by atoms with Gasteiger partial charge in [0.2, 0.25) is 0 Å². The predicted octanol–water partition coefficient (Wildman–Crippen LogP) is 4.43. The smallest absolute Gasteiger partial charge is 0.270 e. The van der Waals surface area contributed by atoms with Gasteiger partial charge in [-0.05, 0) is 25.3 Å². The topological polar surface area (TPSA) is 37.4 Å². The van der Waals surface area contributed by atoms with Crippen molar-refractivity contribution in [3.8, 4) is 0 Å². The zero-order valence-electron chi connectivity index (χ0n) is 13.5. The SMILES string of the molecule is Cc1ccc(C2=C(Cl)C(=O)N(C3CCCCCCC3)C2=O)cc1. The fraction of sp³-hybridized carbons (Fsp3) is 0.474. The summed E-state index contributed by atoms with van der Waals surface area (Å²) in [7, 11) is 0. The molecule has 3 nitrogen and oxygen atoms in total. The van der Waals surface area contributed by atoms with Crippen LogP contribution in [-0.2, 0) is 9.59 Å². The number of carbonyl (C=O) groups excluding carboxylic acids is 2. The Morgan fingerprint density at radius 2 is 1.48 bits per heavy atom. The Labute approximate surface area is 142 Å². The van der Waals surface area contributed by atoms with E-state index in [0.29, 0.717) is 5.57 Å². The molecule has 4 heteroatoms. The van der Waals surface area contributed by atoms with E-state index >= 15 is 0 Å². The molecule has 0 aromatic heterocycles. The number of aryl methyl sites for hydroxylation is 1. The Morgan fingerprint density at radius 1 is 0.913 bits per heavy atom. The molecule has 0 atom stereocenters. The van der Waals surface area contributed by atoms with Gasteiger partial charge in [0.25, 0.3) is 11.8 Å². The summed E-state index contributed by atoms with van der Waals surface area (Å²) in [5.74, 6) is -0.549. The first-order valence-electron chi connectivity index (χ1n) is 8.44. The predicted molar refractivity (Wildman–Crippen MR) is 91.9 cm³/mol. The largest absolute Gasteiger partial charge is 0.273 e. The average Bonchev–Trinajstić information content (AvgIpc) is 2.72. The van der Waals surface area contributed by atoms with E-state index in [0.717, 1.165) is 36.8 Å². The number of nitrogens with zero attached hydrogens (tertiary/aromatic N) is 1. The van der Waals surface area contributed by atoms with Crippen LogP contribution in [0.15, 0.2) is 29.3 Å². The third kappa shape index (κ3) is 3.20. The zero-order valence-corrected chi connectivity index (χ0v) is 14.2. The Bertz CT molecular complexity index is 640. The highest BCUT2D eigenvalue weighted by Gasteiger charge is 2.41. The van der Waals surface area contributed by atoms with E-state index < -0.39 is 0 Å². The maximum atomic E-state index is 12.9. The van der Waals surface area contributed by atoms with Gasteiger partial charge in [-0.2, -0.15) is 0 Å². The molecule has 2 aliphatic rings. The van der Waals surface area contributed by atoms with Crippen LogP contribution < -0.4 is 0 Å². The number of carbonyl (C=O) groups is 2. The summed E-state index contributed by atoms with van der Waals surface area (Å²) in [5.41, 5.74) is 2.20. The Hall–Kier alpha value is -1.61. The number of benzene rings is 1. The molecule has 1 aromatic carbocycles. The fourth-order valence-electron chi connectivity index (χ4n) is 3.51. The Morgan fingerprint density at radius 3 is 2.09 bits per heavy atom. The van der Waals surface area contributed by atoms with E-state index in [9.17, 15) is 9.59 Å². The maximum absolute atomic E-state index is 12.9. The van der Waals surface area contributed by atoms with Gasteiger partial charge in [0, 0.05) is 6.04 Å². The molecule has 0 radical (unpaired) electrons. The van der Waals surface area contributed by atoms with Gasteiger partial charge in [0.15, 0.2) is 0 Å². The molecule has 2 amide bonds. The second-order valence-electron chi connectivity index (χ2n) is 6.53. The number of halogens is 1. The lowest BCUT2D eigenvalue weighted by molar-refractivity contribution is -0.139. The second kappa shape index (κ2) is 6.88. The van der Waals surface area contributed by atoms with Gasteiger partial charge in [-0.1, -0.05) is 73.5 Å². The van der Waals surface area contributed by atoms with Gasteiger partial charge >= 0.3 is 0 Å². The van der Waals surface area contributed by atoms with Crippen molar-refractivity contribution in [2.75, 3.05) is 0 Å². The third-order valence-electron chi connectivity index (χ3n) is 4.84. The number of rotatable bonds is 2. The monoisotopic (exact) mass is 331 g/mol. The highest BCUT2D eigenvalue weighted by atomic mass is 35.5. The number of hydrogen-bond acceptors (Lipinski definition) is 2. The van der Waals surface area contributed by atoms with Gasteiger partial charge in [-0.3, -0.25) is 14.5 Å². The lowest BCUT2D eigenvalue weighted by atomic mass is 9.95. The minimum absolute atomic E-state index is 0.00741. The minimum atomic E-state index is -0.321. The minimum Gasteiger partial charge on any atom is -0.270 e. The number of imide groups is 1. The highest BCUT2D eigenvalue weighted by molar-refractivity contribution is 6.55. The summed E-state index contributed by atoms with van der Waals surface area (Å²) in [4.78, 5) is 26.9. The van der Waals surface area contributed by atoms with Crippen molar-refractivity contribution in [1.82, 2.24) is 4.90 Å². The van der Waals surface area contributed by atoms with Crippen molar-refractivity contribution in [3.05, 3.63) is 40.4 Å². The molecule has 1 aliphatic heterocycles. The molecule has 1 fully saturated rings. The highest BCUT2D eigenvalue weighted by Crippen LogP contribution is 2.35. The molecule has 0 bridgehead atoms. The first-order chi connectivity index (χ1) is 11.1. The van der Waals surface area contributed by atoms with Gasteiger partial charge in [0.05, 0.1) is 5.57 Å². The molecule has 1 heterocycles. The van der Waals surface area contributed by atoms with E-state index in [-0.39, 0.29) is 22.9 Å². The molecule has 3 rings (SSSR count). The van der Waals surface area contributed by atoms with Crippen LogP contribution in [0.2, 0.25) is 0 Å². The Balaban J connectivity index is 1.87. The van der Waals surface area contributed by atoms with E-state index in [1.807, 2.05) is 31.2 Å². The van der Waals surface area contributed by atoms with Gasteiger partial charge < -0.3 is 0 Å². The quantitative estimate of drug-likeness (QED) is 0.752. The van der Waals surface area contributed by atoms with Crippen LogP contribution in [0.25, 0.3) is 5.57 Å². The summed E-state index contributed by atoms with van der Waals surface area (Å²) < 4.78 is 0. The summed E-state index contributed by atoms with van der Waals surface area (Å²) in [6, 6.07) is 7.58. The normalized spacial score (nSPS) is 20.9. The molecule has 1 aromatic rings. The van der Waals surface area contributed by atoms with Crippen molar-refractivity contribution in [3.63, 3.8) is 0 Å². The van der Waals surface area contributed by atoms with Gasteiger partial charge in [-0.25, -0.2) is 0 Å². The molecule has 122 valence electrons. The first kappa shape index (κ1) is 16.3. The summed E-state index contributed by atoms with van der Waals surface area (Å²) in [6.07, 6.45) is 7.53. The van der Waals surface area contributed by atoms with E-state index in [1.54, 1.807) is 0 Å². The van der Waals surface area contributed by atoms with Crippen LogP contribution >= 0.6 is 11.6 Å². The summed E-state index contributed by atoms with van der Waals surface area (Å²) >= 11 is 6.25. The molecule has 1 saturated carbocycles. The van der Waals surface area contributed by atoms with Crippen molar-refractivity contribution < 1.29 is 9.59 Å². The van der Waals surface area contributed by atoms with Crippen molar-refractivity contribution in [1.29, 1.82) is 0 Å². The first-order valence-corrected chi connectivity index (χ1v) is 8.82. The lowest BCUT2D eigenvalue weighted by Crippen LogP contribution is -2.41. The average molecular weight is 332 g/mol.